The maximum absolute atomic E-state index is 13.3. The van der Waals surface area contributed by atoms with E-state index < -0.39 is 0 Å². The molecular weight excluding hydrogens is 359 g/mol. The number of carbonyl (C=O) groups excluding carboxylic acids is 2. The lowest BCUT2D eigenvalue weighted by molar-refractivity contribution is -0.119. The molecule has 2 rings (SSSR count). The maximum atomic E-state index is 13.3. The third kappa shape index (κ3) is 6.48. The van der Waals surface area contributed by atoms with Crippen molar-refractivity contribution in [1.82, 2.24) is 15.1 Å². The molecule has 0 atom stereocenters. The molecule has 0 fully saturated rings. The second-order valence-corrected chi connectivity index (χ2v) is 7.89. The Labute approximate surface area is 165 Å². The van der Waals surface area contributed by atoms with Gasteiger partial charge in [0.15, 0.2) is 0 Å². The predicted octanol–water partition coefficient (Wildman–Crippen LogP) is 3.94. The molecule has 0 saturated heterocycles. The number of halogens is 1. The van der Waals surface area contributed by atoms with Crippen LogP contribution in [-0.2, 0) is 15.0 Å². The number of hydrogen-bond acceptors (Lipinski definition) is 3. The van der Waals surface area contributed by atoms with Gasteiger partial charge in [-0.05, 0) is 37.1 Å². The highest BCUT2D eigenvalue weighted by atomic mass is 19.1. The standard InChI is InChI=1S/C21H29FN4O2/c1-15(27)23-13-7-5-6-8-20(28)24-19-14-18(21(2,3)4)25-26(19)17-11-9-16(22)10-12-17/h9-12,14H,5-8,13H2,1-4H3,(H,23,27)(H,24,28). The summed E-state index contributed by atoms with van der Waals surface area (Å²) in [6.45, 7) is 8.26. The fourth-order valence-electron chi connectivity index (χ4n) is 2.67. The topological polar surface area (TPSA) is 76.0 Å². The maximum Gasteiger partial charge on any atom is 0.225 e. The number of anilines is 1. The second kappa shape index (κ2) is 9.48. The van der Waals surface area contributed by atoms with Crippen molar-refractivity contribution in [3.8, 4) is 5.69 Å². The number of aromatic nitrogens is 2. The average molecular weight is 388 g/mol. The second-order valence-electron chi connectivity index (χ2n) is 7.89. The van der Waals surface area contributed by atoms with Gasteiger partial charge < -0.3 is 10.6 Å². The Kier molecular flexibility index (Phi) is 7.31. The van der Waals surface area contributed by atoms with Crippen LogP contribution in [0.25, 0.3) is 5.69 Å². The summed E-state index contributed by atoms with van der Waals surface area (Å²) in [5.74, 6) is 0.112. The van der Waals surface area contributed by atoms with Crippen LogP contribution in [0.2, 0.25) is 0 Å². The molecular formula is C21H29FN4O2. The number of carbonyl (C=O) groups is 2. The third-order valence-corrected chi connectivity index (χ3v) is 4.27. The van der Waals surface area contributed by atoms with Crippen LogP contribution in [0.4, 0.5) is 10.2 Å². The van der Waals surface area contributed by atoms with Crippen molar-refractivity contribution in [2.24, 2.45) is 0 Å². The van der Waals surface area contributed by atoms with E-state index in [4.69, 9.17) is 0 Å². The van der Waals surface area contributed by atoms with E-state index in [1.807, 2.05) is 26.8 Å². The predicted molar refractivity (Wildman–Crippen MR) is 108 cm³/mol. The highest BCUT2D eigenvalue weighted by Crippen LogP contribution is 2.26. The zero-order valence-corrected chi connectivity index (χ0v) is 17.0. The number of nitrogens with zero attached hydrogens (tertiary/aromatic N) is 2. The van der Waals surface area contributed by atoms with Crippen LogP contribution in [0.1, 0.15) is 59.1 Å². The Bertz CT molecular complexity index is 807. The van der Waals surface area contributed by atoms with Crippen molar-refractivity contribution in [1.29, 1.82) is 0 Å². The monoisotopic (exact) mass is 388 g/mol. The lowest BCUT2D eigenvalue weighted by atomic mass is 9.92. The molecule has 7 heteroatoms. The van der Waals surface area contributed by atoms with E-state index in [1.165, 1.54) is 19.1 Å². The molecule has 2 amide bonds. The van der Waals surface area contributed by atoms with Crippen LogP contribution >= 0.6 is 0 Å². The van der Waals surface area contributed by atoms with Gasteiger partial charge in [0.1, 0.15) is 11.6 Å². The first kappa shape index (κ1) is 21.6. The molecule has 0 aliphatic carbocycles. The molecule has 0 radical (unpaired) electrons. The van der Waals surface area contributed by atoms with Gasteiger partial charge in [-0.1, -0.05) is 27.2 Å². The largest absolute Gasteiger partial charge is 0.356 e. The third-order valence-electron chi connectivity index (χ3n) is 4.27. The van der Waals surface area contributed by atoms with Crippen molar-refractivity contribution < 1.29 is 14.0 Å². The van der Waals surface area contributed by atoms with Gasteiger partial charge in [0.25, 0.3) is 0 Å². The number of rotatable bonds is 8. The Balaban J connectivity index is 2.03. The van der Waals surface area contributed by atoms with Crippen molar-refractivity contribution >= 4 is 17.6 Å². The SMILES string of the molecule is CC(=O)NCCCCCC(=O)Nc1cc(C(C)(C)C)nn1-c1ccc(F)cc1. The molecule has 0 aliphatic rings. The van der Waals surface area contributed by atoms with Crippen LogP contribution in [-0.4, -0.2) is 28.1 Å². The molecule has 0 unspecified atom stereocenters. The summed E-state index contributed by atoms with van der Waals surface area (Å²) in [5, 5.41) is 10.3. The molecule has 2 N–H and O–H groups in total. The zero-order chi connectivity index (χ0) is 20.7. The molecule has 0 spiro atoms. The Morgan fingerprint density at radius 3 is 2.39 bits per heavy atom. The number of unbranched alkanes of at least 4 members (excludes halogenated alkanes) is 2. The van der Waals surface area contributed by atoms with Crippen molar-refractivity contribution in [2.45, 2.75) is 58.8 Å². The lowest BCUT2D eigenvalue weighted by Gasteiger charge is -2.14. The minimum absolute atomic E-state index is 0.0403. The minimum Gasteiger partial charge on any atom is -0.356 e. The molecule has 1 aromatic carbocycles. The summed E-state index contributed by atoms with van der Waals surface area (Å²) in [7, 11) is 0. The van der Waals surface area contributed by atoms with Crippen LogP contribution in [0.3, 0.4) is 0 Å². The van der Waals surface area contributed by atoms with Gasteiger partial charge in [-0.15, -0.1) is 0 Å². The van der Waals surface area contributed by atoms with Gasteiger partial charge in [0.2, 0.25) is 11.8 Å². The van der Waals surface area contributed by atoms with E-state index in [-0.39, 0.29) is 23.0 Å². The van der Waals surface area contributed by atoms with Gasteiger partial charge >= 0.3 is 0 Å². The highest BCUT2D eigenvalue weighted by Gasteiger charge is 2.21. The van der Waals surface area contributed by atoms with Gasteiger partial charge in [0, 0.05) is 31.4 Å². The molecule has 6 nitrogen and oxygen atoms in total. The Morgan fingerprint density at radius 1 is 1.11 bits per heavy atom. The summed E-state index contributed by atoms with van der Waals surface area (Å²) < 4.78 is 14.9. The number of amides is 2. The summed E-state index contributed by atoms with van der Waals surface area (Å²) >= 11 is 0. The van der Waals surface area contributed by atoms with Crippen LogP contribution < -0.4 is 10.6 Å². The normalized spacial score (nSPS) is 11.3. The number of hydrogen-bond donors (Lipinski definition) is 2. The minimum atomic E-state index is -0.322. The summed E-state index contributed by atoms with van der Waals surface area (Å²) in [5.41, 5.74) is 1.33. The van der Waals surface area contributed by atoms with Gasteiger partial charge in [-0.25, -0.2) is 9.07 Å². The first-order chi connectivity index (χ1) is 13.2. The van der Waals surface area contributed by atoms with Crippen LogP contribution in [0, 0.1) is 5.82 Å². The molecule has 0 saturated carbocycles. The van der Waals surface area contributed by atoms with E-state index in [0.717, 1.165) is 25.0 Å². The highest BCUT2D eigenvalue weighted by molar-refractivity contribution is 5.90. The van der Waals surface area contributed by atoms with Crippen molar-refractivity contribution in [2.75, 3.05) is 11.9 Å². The molecule has 0 aliphatic heterocycles. The molecule has 28 heavy (non-hydrogen) atoms. The average Bonchev–Trinajstić information content (AvgIpc) is 3.02. The Hall–Kier alpha value is -2.70. The molecule has 2 aromatic rings. The number of benzene rings is 1. The zero-order valence-electron chi connectivity index (χ0n) is 17.0. The first-order valence-electron chi connectivity index (χ1n) is 9.57. The molecule has 1 heterocycles. The van der Waals surface area contributed by atoms with Gasteiger partial charge in [-0.2, -0.15) is 5.10 Å². The van der Waals surface area contributed by atoms with Gasteiger partial charge in [0.05, 0.1) is 11.4 Å². The molecule has 152 valence electrons. The first-order valence-corrected chi connectivity index (χ1v) is 9.57. The van der Waals surface area contributed by atoms with E-state index >= 15 is 0 Å². The van der Waals surface area contributed by atoms with Crippen molar-refractivity contribution in [3.63, 3.8) is 0 Å². The van der Waals surface area contributed by atoms with Gasteiger partial charge in [-0.3, -0.25) is 9.59 Å². The smallest absolute Gasteiger partial charge is 0.225 e. The van der Waals surface area contributed by atoms with E-state index in [9.17, 15) is 14.0 Å². The van der Waals surface area contributed by atoms with Crippen molar-refractivity contribution in [3.05, 3.63) is 41.8 Å². The van der Waals surface area contributed by atoms with Crippen LogP contribution in [0.5, 0.6) is 0 Å². The van der Waals surface area contributed by atoms with Crippen LogP contribution in [0.15, 0.2) is 30.3 Å². The van der Waals surface area contributed by atoms with E-state index in [0.29, 0.717) is 24.5 Å². The fourth-order valence-corrected chi connectivity index (χ4v) is 2.67. The fraction of sp³-hybridized carbons (Fsp3) is 0.476. The summed E-state index contributed by atoms with van der Waals surface area (Å²) in [4.78, 5) is 23.2. The molecule has 0 bridgehead atoms. The molecule has 1 aromatic heterocycles. The summed E-state index contributed by atoms with van der Waals surface area (Å²) in [6, 6.07) is 7.86. The lowest BCUT2D eigenvalue weighted by Crippen LogP contribution is -2.20. The summed E-state index contributed by atoms with van der Waals surface area (Å²) in [6.07, 6.45) is 2.83. The number of nitrogens with one attached hydrogen (secondary N) is 2. The van der Waals surface area contributed by atoms with E-state index in [2.05, 4.69) is 15.7 Å². The Morgan fingerprint density at radius 2 is 1.79 bits per heavy atom. The van der Waals surface area contributed by atoms with E-state index in [1.54, 1.807) is 16.8 Å². The quantitative estimate of drug-likeness (QED) is 0.673.